The first kappa shape index (κ1) is 21.0. The molecular formula is C22H25N5O3. The van der Waals surface area contributed by atoms with Crippen molar-refractivity contribution < 1.29 is 4.79 Å². The lowest BCUT2D eigenvalue weighted by Crippen LogP contribution is -2.43. The maximum Gasteiger partial charge on any atom is 0.330 e. The molecule has 0 saturated carbocycles. The summed E-state index contributed by atoms with van der Waals surface area (Å²) in [6.45, 7) is 6.04. The predicted octanol–water partition coefficient (Wildman–Crippen LogP) is 2.17. The number of hydrogen-bond acceptors (Lipinski definition) is 5. The summed E-state index contributed by atoms with van der Waals surface area (Å²) in [7, 11) is 0. The highest BCUT2D eigenvalue weighted by molar-refractivity contribution is 6.06. The summed E-state index contributed by atoms with van der Waals surface area (Å²) in [5, 5.41) is 0. The summed E-state index contributed by atoms with van der Waals surface area (Å²) in [5.41, 5.74) is 6.63. The molecule has 3 aromatic rings. The Morgan fingerprint density at radius 3 is 2.47 bits per heavy atom. The molecule has 0 aliphatic heterocycles. The van der Waals surface area contributed by atoms with Gasteiger partial charge in [0.25, 0.3) is 11.5 Å². The second kappa shape index (κ2) is 8.77. The van der Waals surface area contributed by atoms with Crippen LogP contribution in [0.2, 0.25) is 0 Å². The molecule has 0 aliphatic carbocycles. The van der Waals surface area contributed by atoms with Crippen LogP contribution in [0.15, 0.2) is 58.1 Å². The van der Waals surface area contributed by atoms with E-state index in [1.54, 1.807) is 25.1 Å². The van der Waals surface area contributed by atoms with Crippen molar-refractivity contribution in [3.63, 3.8) is 0 Å². The molecule has 0 fully saturated rings. The number of hydrogen-bond donors (Lipinski definition) is 2. The highest BCUT2D eigenvalue weighted by atomic mass is 16.2. The van der Waals surface area contributed by atoms with Gasteiger partial charge >= 0.3 is 5.69 Å². The molecule has 1 aromatic carbocycles. The third-order valence-corrected chi connectivity index (χ3v) is 4.57. The van der Waals surface area contributed by atoms with Gasteiger partial charge in [-0.3, -0.25) is 24.0 Å². The summed E-state index contributed by atoms with van der Waals surface area (Å²) >= 11 is 0. The molecule has 3 rings (SSSR count). The molecule has 1 amide bonds. The van der Waals surface area contributed by atoms with E-state index in [2.05, 4.69) is 9.97 Å². The van der Waals surface area contributed by atoms with Crippen LogP contribution >= 0.6 is 0 Å². The number of nitrogens with two attached hydrogens (primary N) is 1. The van der Waals surface area contributed by atoms with Gasteiger partial charge in [-0.1, -0.05) is 50.2 Å². The molecule has 8 heteroatoms. The average Bonchev–Trinajstić information content (AvgIpc) is 2.70. The van der Waals surface area contributed by atoms with Gasteiger partial charge in [0, 0.05) is 12.2 Å². The van der Waals surface area contributed by atoms with E-state index < -0.39 is 17.2 Å². The van der Waals surface area contributed by atoms with Gasteiger partial charge in [0.15, 0.2) is 5.69 Å². The minimum atomic E-state index is -0.705. The van der Waals surface area contributed by atoms with E-state index in [1.165, 1.54) is 9.47 Å². The first-order valence-corrected chi connectivity index (χ1v) is 9.70. The van der Waals surface area contributed by atoms with Crippen LogP contribution in [0.4, 0.5) is 11.5 Å². The lowest BCUT2D eigenvalue weighted by molar-refractivity contribution is 0.0978. The number of anilines is 2. The zero-order chi connectivity index (χ0) is 21.8. The van der Waals surface area contributed by atoms with Gasteiger partial charge in [0.2, 0.25) is 0 Å². The number of carbonyl (C=O) groups is 1. The van der Waals surface area contributed by atoms with E-state index in [0.717, 1.165) is 5.56 Å². The van der Waals surface area contributed by atoms with Crippen LogP contribution in [-0.4, -0.2) is 27.0 Å². The van der Waals surface area contributed by atoms with Crippen molar-refractivity contribution in [3.05, 3.63) is 86.3 Å². The fraction of sp³-hybridized carbons (Fsp3) is 0.273. The number of H-pyrrole nitrogens is 1. The monoisotopic (exact) mass is 407 g/mol. The van der Waals surface area contributed by atoms with Gasteiger partial charge < -0.3 is 5.73 Å². The lowest BCUT2D eigenvalue weighted by atomic mass is 10.1. The highest BCUT2D eigenvalue weighted by Gasteiger charge is 2.26. The summed E-state index contributed by atoms with van der Waals surface area (Å²) in [6.07, 6.45) is 0. The van der Waals surface area contributed by atoms with Crippen molar-refractivity contribution in [1.29, 1.82) is 0 Å². The summed E-state index contributed by atoms with van der Waals surface area (Å²) < 4.78 is 1.26. The summed E-state index contributed by atoms with van der Waals surface area (Å²) in [4.78, 5) is 46.3. The zero-order valence-corrected chi connectivity index (χ0v) is 17.3. The Labute approximate surface area is 174 Å². The third kappa shape index (κ3) is 4.48. The second-order valence-corrected chi connectivity index (χ2v) is 7.54. The fourth-order valence-electron chi connectivity index (χ4n) is 3.20. The van der Waals surface area contributed by atoms with Crippen molar-refractivity contribution in [2.75, 3.05) is 17.2 Å². The second-order valence-electron chi connectivity index (χ2n) is 7.54. The summed E-state index contributed by atoms with van der Waals surface area (Å²) in [6, 6.07) is 14.4. The van der Waals surface area contributed by atoms with Gasteiger partial charge in [-0.05, 0) is 30.5 Å². The predicted molar refractivity (Wildman–Crippen MR) is 117 cm³/mol. The number of carbonyl (C=O) groups excluding carboxylic acids is 1. The quantitative estimate of drug-likeness (QED) is 0.650. The number of nitrogens with one attached hydrogen (secondary N) is 1. The fourth-order valence-corrected chi connectivity index (χ4v) is 3.20. The van der Waals surface area contributed by atoms with Gasteiger partial charge in [0.05, 0.1) is 6.54 Å². The smallest absolute Gasteiger partial charge is 0.330 e. The van der Waals surface area contributed by atoms with Gasteiger partial charge in [-0.25, -0.2) is 9.78 Å². The molecule has 2 heterocycles. The van der Waals surface area contributed by atoms with E-state index in [9.17, 15) is 14.4 Å². The number of aryl methyl sites for hydroxylation is 1. The number of rotatable bonds is 6. The molecule has 0 unspecified atom stereocenters. The van der Waals surface area contributed by atoms with Crippen LogP contribution in [0, 0.1) is 12.8 Å². The SMILES string of the molecule is Cc1cccc(C(=O)N(CC(C)C)c2c(N)n(Cc3ccccc3)c(=O)[nH]c2=O)n1. The van der Waals surface area contributed by atoms with Gasteiger partial charge in [-0.15, -0.1) is 0 Å². The van der Waals surface area contributed by atoms with Crippen molar-refractivity contribution in [3.8, 4) is 0 Å². The number of nitrogen functional groups attached to an aromatic ring is 1. The minimum Gasteiger partial charge on any atom is -0.383 e. The Morgan fingerprint density at radius 2 is 1.83 bits per heavy atom. The maximum atomic E-state index is 13.3. The molecule has 156 valence electrons. The molecular weight excluding hydrogens is 382 g/mol. The molecule has 0 radical (unpaired) electrons. The average molecular weight is 407 g/mol. The molecule has 0 saturated heterocycles. The first-order chi connectivity index (χ1) is 14.3. The highest BCUT2D eigenvalue weighted by Crippen LogP contribution is 2.21. The molecule has 0 aliphatic rings. The number of nitrogens with zero attached hydrogens (tertiary/aromatic N) is 3. The normalized spacial score (nSPS) is 10.9. The van der Waals surface area contributed by atoms with Gasteiger partial charge in [-0.2, -0.15) is 0 Å². The Balaban J connectivity index is 2.13. The standard InChI is InChI=1S/C22H25N5O3/c1-14(2)12-26(21(29)17-11-7-8-15(3)24-17)18-19(23)27(22(30)25-20(18)28)13-16-9-5-4-6-10-16/h4-11,14H,12-13,23H2,1-3H3,(H,25,28,30). The Morgan fingerprint density at radius 1 is 1.13 bits per heavy atom. The minimum absolute atomic E-state index is 0.0482. The van der Waals surface area contributed by atoms with Crippen molar-refractivity contribution >= 4 is 17.4 Å². The van der Waals surface area contributed by atoms with E-state index in [-0.39, 0.29) is 36.2 Å². The number of aromatic nitrogens is 3. The number of amides is 1. The van der Waals surface area contributed by atoms with Crippen LogP contribution in [0.1, 0.15) is 35.6 Å². The van der Waals surface area contributed by atoms with Crippen LogP contribution < -0.4 is 21.9 Å². The molecule has 30 heavy (non-hydrogen) atoms. The van der Waals surface area contributed by atoms with Crippen LogP contribution in [0.3, 0.4) is 0 Å². The molecule has 0 spiro atoms. The van der Waals surface area contributed by atoms with Crippen LogP contribution in [0.5, 0.6) is 0 Å². The van der Waals surface area contributed by atoms with Crippen molar-refractivity contribution in [2.24, 2.45) is 5.92 Å². The summed E-state index contributed by atoms with van der Waals surface area (Å²) in [5.74, 6) is -0.462. The molecule has 0 bridgehead atoms. The van der Waals surface area contributed by atoms with E-state index in [1.807, 2.05) is 44.2 Å². The van der Waals surface area contributed by atoms with Crippen LogP contribution in [0.25, 0.3) is 0 Å². The molecule has 0 atom stereocenters. The maximum absolute atomic E-state index is 13.3. The van der Waals surface area contributed by atoms with Gasteiger partial charge in [0.1, 0.15) is 11.5 Å². The largest absolute Gasteiger partial charge is 0.383 e. The Bertz CT molecular complexity index is 1170. The van der Waals surface area contributed by atoms with E-state index in [4.69, 9.17) is 5.73 Å². The Hall–Kier alpha value is -3.68. The lowest BCUT2D eigenvalue weighted by Gasteiger charge is -2.26. The number of pyridine rings is 1. The van der Waals surface area contributed by atoms with E-state index >= 15 is 0 Å². The number of benzene rings is 1. The molecule has 3 N–H and O–H groups in total. The Kier molecular flexibility index (Phi) is 6.15. The molecule has 2 aromatic heterocycles. The number of aromatic amines is 1. The zero-order valence-electron chi connectivity index (χ0n) is 17.3. The first-order valence-electron chi connectivity index (χ1n) is 9.70. The van der Waals surface area contributed by atoms with Crippen molar-refractivity contribution in [2.45, 2.75) is 27.3 Å². The molecule has 8 nitrogen and oxygen atoms in total. The topological polar surface area (TPSA) is 114 Å². The third-order valence-electron chi connectivity index (χ3n) is 4.57. The van der Waals surface area contributed by atoms with E-state index in [0.29, 0.717) is 5.69 Å². The van der Waals surface area contributed by atoms with Crippen molar-refractivity contribution in [1.82, 2.24) is 14.5 Å². The van der Waals surface area contributed by atoms with Crippen LogP contribution in [-0.2, 0) is 6.54 Å².